The predicted octanol–water partition coefficient (Wildman–Crippen LogP) is 3.61. The molecule has 1 aliphatic rings. The molecule has 2 unspecified atom stereocenters. The second-order valence-corrected chi connectivity index (χ2v) is 8.60. The van der Waals surface area contributed by atoms with Gasteiger partial charge < -0.3 is 15.0 Å². The molecule has 1 fully saturated rings. The van der Waals surface area contributed by atoms with Gasteiger partial charge in [-0.25, -0.2) is 19.2 Å². The molecule has 0 radical (unpaired) electrons. The first-order valence-corrected chi connectivity index (χ1v) is 11.8. The van der Waals surface area contributed by atoms with Crippen LogP contribution in [-0.4, -0.2) is 51.8 Å². The predicted molar refractivity (Wildman–Crippen MR) is 134 cm³/mol. The van der Waals surface area contributed by atoms with Gasteiger partial charge in [0.05, 0.1) is 5.69 Å². The zero-order chi connectivity index (χ0) is 23.7. The Morgan fingerprint density at radius 3 is 2.56 bits per heavy atom. The van der Waals surface area contributed by atoms with Crippen LogP contribution in [-0.2, 0) is 4.74 Å². The molecule has 2 aromatic carbocycles. The largest absolute Gasteiger partial charge is 0.359 e. The second kappa shape index (κ2) is 9.40. The lowest BCUT2D eigenvalue weighted by Crippen LogP contribution is -2.49. The summed E-state index contributed by atoms with van der Waals surface area (Å²) in [5, 5.41) is 3.38. The van der Waals surface area contributed by atoms with E-state index in [-0.39, 0.29) is 11.9 Å². The molecule has 2 atom stereocenters. The van der Waals surface area contributed by atoms with E-state index >= 15 is 0 Å². The molecule has 34 heavy (non-hydrogen) atoms. The third kappa shape index (κ3) is 4.10. The Hall–Kier alpha value is -3.49. The number of hydrogen-bond donors (Lipinski definition) is 2. The Balaban J connectivity index is 1.47. The van der Waals surface area contributed by atoms with Crippen molar-refractivity contribution in [1.82, 2.24) is 24.7 Å². The first-order valence-electron chi connectivity index (χ1n) is 11.8. The van der Waals surface area contributed by atoms with E-state index < -0.39 is 0 Å². The molecule has 3 heterocycles. The summed E-state index contributed by atoms with van der Waals surface area (Å²) >= 11 is 0. The highest BCUT2D eigenvalue weighted by molar-refractivity contribution is 5.66. The first kappa shape index (κ1) is 22.3. The van der Waals surface area contributed by atoms with E-state index in [1.54, 1.807) is 4.40 Å². The second-order valence-electron chi connectivity index (χ2n) is 8.60. The molecule has 4 aromatic rings. The van der Waals surface area contributed by atoms with Crippen molar-refractivity contribution >= 4 is 11.3 Å². The van der Waals surface area contributed by atoms with Crippen LogP contribution in [0.5, 0.6) is 0 Å². The molecular weight excluding hydrogens is 428 g/mol. The lowest BCUT2D eigenvalue weighted by atomic mass is 10.0. The fraction of sp³-hybridized carbons (Fsp3) is 0.346. The average Bonchev–Trinajstić information content (AvgIpc) is 3.22. The van der Waals surface area contributed by atoms with E-state index in [0.717, 1.165) is 41.9 Å². The molecule has 0 saturated carbocycles. The van der Waals surface area contributed by atoms with Crippen molar-refractivity contribution in [2.45, 2.75) is 39.0 Å². The first-order chi connectivity index (χ1) is 16.6. The number of hydrogen-bond acceptors (Lipinski definition) is 6. The van der Waals surface area contributed by atoms with Crippen LogP contribution in [0.1, 0.15) is 25.5 Å². The summed E-state index contributed by atoms with van der Waals surface area (Å²) in [7, 11) is 2.01. The number of piperidine rings is 1. The zero-order valence-electron chi connectivity index (χ0n) is 19.8. The van der Waals surface area contributed by atoms with Gasteiger partial charge in [-0.1, -0.05) is 30.3 Å². The smallest absolute Gasteiger partial charge is 0.334 e. The number of aryl methyl sites for hydroxylation is 1. The molecule has 2 N–H and O–H groups in total. The highest BCUT2D eigenvalue weighted by Crippen LogP contribution is 2.28. The molecule has 176 valence electrons. The van der Waals surface area contributed by atoms with E-state index in [4.69, 9.17) is 9.72 Å². The number of imidazole rings is 1. The van der Waals surface area contributed by atoms with Crippen molar-refractivity contribution in [2.75, 3.05) is 25.1 Å². The number of ether oxygens (including phenoxy) is 1. The van der Waals surface area contributed by atoms with Crippen LogP contribution in [0.15, 0.2) is 59.4 Å². The van der Waals surface area contributed by atoms with Crippen LogP contribution in [0.25, 0.3) is 28.4 Å². The van der Waals surface area contributed by atoms with Gasteiger partial charge in [-0.3, -0.25) is 4.98 Å². The maximum atomic E-state index is 13.1. The number of aromatic nitrogens is 4. The molecule has 0 bridgehead atoms. The molecule has 8 nitrogen and oxygen atoms in total. The van der Waals surface area contributed by atoms with Gasteiger partial charge in [0.2, 0.25) is 0 Å². The van der Waals surface area contributed by atoms with Crippen molar-refractivity contribution in [3.63, 3.8) is 0 Å². The fourth-order valence-electron chi connectivity index (χ4n) is 4.70. The van der Waals surface area contributed by atoms with Crippen LogP contribution < -0.4 is 15.9 Å². The van der Waals surface area contributed by atoms with Gasteiger partial charge in [-0.2, -0.15) is 0 Å². The van der Waals surface area contributed by atoms with Gasteiger partial charge in [-0.15, -0.1) is 0 Å². The number of fused-ring (bicyclic) bond motifs is 1. The van der Waals surface area contributed by atoms with Crippen LogP contribution in [0, 0.1) is 6.92 Å². The number of nitrogens with one attached hydrogen (secondary N) is 2. The van der Waals surface area contributed by atoms with Gasteiger partial charge in [0, 0.05) is 42.4 Å². The topological polar surface area (TPSA) is 87.5 Å². The van der Waals surface area contributed by atoms with Gasteiger partial charge >= 0.3 is 5.69 Å². The fourth-order valence-corrected chi connectivity index (χ4v) is 4.70. The Labute approximate surface area is 198 Å². The molecule has 2 aromatic heterocycles. The summed E-state index contributed by atoms with van der Waals surface area (Å²) in [5.41, 5.74) is 3.85. The monoisotopic (exact) mass is 458 g/mol. The number of aromatic amines is 1. The van der Waals surface area contributed by atoms with Crippen molar-refractivity contribution in [3.05, 3.63) is 70.8 Å². The molecule has 1 saturated heterocycles. The third-order valence-corrected chi connectivity index (χ3v) is 6.49. The molecular formula is C26H30N6O2. The molecule has 1 aliphatic heterocycles. The van der Waals surface area contributed by atoms with E-state index in [2.05, 4.69) is 32.3 Å². The molecule has 0 amide bonds. The van der Waals surface area contributed by atoms with E-state index in [1.807, 2.05) is 63.4 Å². The quantitative estimate of drug-likeness (QED) is 0.459. The number of benzene rings is 2. The van der Waals surface area contributed by atoms with Gasteiger partial charge in [0.25, 0.3) is 0 Å². The summed E-state index contributed by atoms with van der Waals surface area (Å²) < 4.78 is 7.57. The number of nitrogens with zero attached hydrogens (tertiary/aromatic N) is 4. The normalized spacial score (nSPS) is 18.5. The maximum absolute atomic E-state index is 13.1. The summed E-state index contributed by atoms with van der Waals surface area (Å²) in [5.74, 6) is 1.12. The number of H-pyrrole nitrogens is 1. The van der Waals surface area contributed by atoms with Crippen molar-refractivity contribution in [3.8, 4) is 22.8 Å². The number of anilines is 1. The Morgan fingerprint density at radius 2 is 1.85 bits per heavy atom. The highest BCUT2D eigenvalue weighted by atomic mass is 16.5. The van der Waals surface area contributed by atoms with Gasteiger partial charge in [0.1, 0.15) is 17.9 Å². The van der Waals surface area contributed by atoms with Crippen molar-refractivity contribution in [1.29, 1.82) is 0 Å². The molecule has 0 aliphatic carbocycles. The third-order valence-electron chi connectivity index (χ3n) is 6.49. The minimum Gasteiger partial charge on any atom is -0.359 e. The minimum absolute atomic E-state index is 0.0437. The van der Waals surface area contributed by atoms with E-state index in [0.29, 0.717) is 29.9 Å². The SMILES string of the molecule is CCOC1CC(NC)CCN1c1ccc(-c2nc3c(C)nc(-c4ccccc4)n3c(=O)[nH]2)cc1. The maximum Gasteiger partial charge on any atom is 0.334 e. The molecule has 5 rings (SSSR count). The summed E-state index contributed by atoms with van der Waals surface area (Å²) in [6.45, 7) is 5.51. The Morgan fingerprint density at radius 1 is 1.09 bits per heavy atom. The number of rotatable bonds is 6. The standard InChI is InChI=1S/C26H30N6O2/c1-4-34-22-16-20(27-3)14-15-31(22)21-12-10-18(11-13-21)23-29-24-17(2)28-25(32(24)26(33)30-23)19-8-6-5-7-9-19/h5-13,20,22,27H,4,14-16H2,1-3H3,(H,29,30,33). The summed E-state index contributed by atoms with van der Waals surface area (Å²) in [6.07, 6.45) is 2.06. The Bertz CT molecular complexity index is 1330. The zero-order valence-corrected chi connectivity index (χ0v) is 19.8. The minimum atomic E-state index is -0.255. The lowest BCUT2D eigenvalue weighted by Gasteiger charge is -2.40. The average molecular weight is 459 g/mol. The van der Waals surface area contributed by atoms with Gasteiger partial charge in [0.15, 0.2) is 5.65 Å². The highest BCUT2D eigenvalue weighted by Gasteiger charge is 2.28. The van der Waals surface area contributed by atoms with Crippen molar-refractivity contribution < 1.29 is 4.74 Å². The van der Waals surface area contributed by atoms with Crippen LogP contribution in [0.4, 0.5) is 5.69 Å². The van der Waals surface area contributed by atoms with Gasteiger partial charge in [-0.05, 0) is 51.6 Å². The lowest BCUT2D eigenvalue weighted by molar-refractivity contribution is 0.0351. The Kier molecular flexibility index (Phi) is 6.17. The summed E-state index contributed by atoms with van der Waals surface area (Å²) in [6, 6.07) is 18.3. The van der Waals surface area contributed by atoms with Crippen molar-refractivity contribution in [2.24, 2.45) is 0 Å². The molecule has 8 heteroatoms. The van der Waals surface area contributed by atoms with Crippen LogP contribution in [0.3, 0.4) is 0 Å². The van der Waals surface area contributed by atoms with Crippen LogP contribution >= 0.6 is 0 Å². The molecule has 0 spiro atoms. The summed E-state index contributed by atoms with van der Waals surface area (Å²) in [4.78, 5) is 27.7. The van der Waals surface area contributed by atoms with Crippen LogP contribution in [0.2, 0.25) is 0 Å². The van der Waals surface area contributed by atoms with E-state index in [1.165, 1.54) is 0 Å². The van der Waals surface area contributed by atoms with E-state index in [9.17, 15) is 4.79 Å².